The summed E-state index contributed by atoms with van der Waals surface area (Å²) in [6.45, 7) is 0. The van der Waals surface area contributed by atoms with Crippen molar-refractivity contribution in [2.24, 2.45) is 0 Å². The molecule has 8 rings (SSSR count). The van der Waals surface area contributed by atoms with Crippen molar-refractivity contribution in [3.8, 4) is 28.3 Å². The van der Waals surface area contributed by atoms with Crippen molar-refractivity contribution in [2.45, 2.75) is 12.8 Å². The number of nitrogens with one attached hydrogen (secondary N) is 1. The Hall–Kier alpha value is -5.03. The second-order valence-corrected chi connectivity index (χ2v) is 11.7. The number of fused-ring (bicyclic) bond motifs is 7. The number of H-pyrrole nitrogens is 1. The maximum Gasteiger partial charge on any atom is 0.149 e. The second-order valence-electron chi connectivity index (χ2n) is 11.7. The van der Waals surface area contributed by atoms with E-state index in [4.69, 9.17) is 0 Å². The number of benzene rings is 5. The summed E-state index contributed by atoms with van der Waals surface area (Å²) in [6, 6.07) is 28.0. The maximum atomic E-state index is 11.5. The molecule has 1 aliphatic rings. The normalized spacial score (nSPS) is 13.4. The predicted molar refractivity (Wildman–Crippen MR) is 190 cm³/mol. The first-order valence-corrected chi connectivity index (χ1v) is 14.9. The van der Waals surface area contributed by atoms with Gasteiger partial charge >= 0.3 is 0 Å². The van der Waals surface area contributed by atoms with E-state index in [-0.39, 0.29) is 11.5 Å². The molecular weight excluding hydrogens is 525 g/mol. The molecule has 0 fully saturated rings. The fourth-order valence-electron chi connectivity index (χ4n) is 7.11. The third kappa shape index (κ3) is 3.61. The highest BCUT2D eigenvalue weighted by Gasteiger charge is 2.25. The minimum Gasteiger partial charge on any atom is -0.509 e. The molecule has 5 aromatic carbocycles. The number of para-hydroxylation sites is 2. The van der Waals surface area contributed by atoms with E-state index in [0.717, 1.165) is 73.8 Å². The Bertz CT molecular complexity index is 2330. The predicted octanol–water partition coefficient (Wildman–Crippen LogP) is 4.01. The van der Waals surface area contributed by atoms with Crippen LogP contribution in [0.1, 0.15) is 18.4 Å². The van der Waals surface area contributed by atoms with Crippen LogP contribution in [-0.4, -0.2) is 43.3 Å². The second kappa shape index (κ2) is 9.50. The lowest BCUT2D eigenvalue weighted by atomic mass is 9.70. The van der Waals surface area contributed by atoms with Gasteiger partial charge < -0.3 is 19.8 Å². The summed E-state index contributed by atoms with van der Waals surface area (Å²) < 4.78 is 2.40. The van der Waals surface area contributed by atoms with Gasteiger partial charge in [0.2, 0.25) is 0 Å². The zero-order valence-electron chi connectivity index (χ0n) is 24.5. The van der Waals surface area contributed by atoms with Gasteiger partial charge in [0, 0.05) is 38.2 Å². The Morgan fingerprint density at radius 2 is 1.42 bits per heavy atom. The Morgan fingerprint density at radius 1 is 0.651 bits per heavy atom. The van der Waals surface area contributed by atoms with Gasteiger partial charge in [-0.1, -0.05) is 89.8 Å². The molecule has 7 aromatic rings. The lowest BCUT2D eigenvalue weighted by Crippen LogP contribution is -2.33. The van der Waals surface area contributed by atoms with Crippen LogP contribution in [0, 0.1) is 0 Å². The molecule has 1 aliphatic carbocycles. The number of rotatable bonds is 3. The minimum absolute atomic E-state index is 0.125. The molecule has 3 N–H and O–H groups in total. The molecule has 0 bridgehead atoms. The Kier molecular flexibility index (Phi) is 5.67. The summed E-state index contributed by atoms with van der Waals surface area (Å²) in [7, 11) is 5.69. The van der Waals surface area contributed by atoms with Crippen LogP contribution in [0.2, 0.25) is 0 Å². The standard InChI is InChI=1S/C36H29B3N2O2/c37-30-29(35(42)32(39)36(43)31(30)38)24-13-8-16-27(28(24)19-9-2-1-3-10-19)41-26-15-7-5-12-21(26)23-18-17-22-20-11-4-6-14-25(20)40-33(22)34(23)41/h2,4-18,40,42-43H,1,3,37-39H2. The highest BCUT2D eigenvalue weighted by Crippen LogP contribution is 2.43. The van der Waals surface area contributed by atoms with Gasteiger partial charge in [0.15, 0.2) is 0 Å². The summed E-state index contributed by atoms with van der Waals surface area (Å²) in [4.78, 5) is 3.76. The molecule has 43 heavy (non-hydrogen) atoms. The molecule has 204 valence electrons. The molecule has 0 spiro atoms. The zero-order chi connectivity index (χ0) is 29.4. The molecule has 2 aromatic heterocycles. The summed E-state index contributed by atoms with van der Waals surface area (Å²) in [5.74, 6) is 0.274. The van der Waals surface area contributed by atoms with Crippen LogP contribution in [0.5, 0.6) is 11.5 Å². The smallest absolute Gasteiger partial charge is 0.149 e. The lowest BCUT2D eigenvalue weighted by Gasteiger charge is -2.23. The third-order valence-corrected chi connectivity index (χ3v) is 9.39. The third-order valence-electron chi connectivity index (χ3n) is 9.39. The number of phenols is 2. The van der Waals surface area contributed by atoms with Crippen LogP contribution in [-0.2, 0) is 0 Å². The molecule has 0 atom stereocenters. The summed E-state index contributed by atoms with van der Waals surface area (Å²) in [5, 5.41) is 27.1. The number of hydrogen-bond acceptors (Lipinski definition) is 2. The summed E-state index contributed by atoms with van der Waals surface area (Å²) in [6.07, 6.45) is 8.72. The number of aromatic nitrogens is 2. The maximum absolute atomic E-state index is 11.5. The van der Waals surface area contributed by atoms with E-state index in [0.29, 0.717) is 5.46 Å². The Morgan fingerprint density at radius 3 is 2.23 bits per heavy atom. The van der Waals surface area contributed by atoms with Gasteiger partial charge in [-0.2, -0.15) is 0 Å². The van der Waals surface area contributed by atoms with Crippen molar-refractivity contribution in [3.63, 3.8) is 0 Å². The van der Waals surface area contributed by atoms with E-state index in [1.54, 1.807) is 7.85 Å². The first-order chi connectivity index (χ1) is 21.0. The molecule has 0 amide bonds. The van der Waals surface area contributed by atoms with Gasteiger partial charge in [-0.25, -0.2) is 0 Å². The van der Waals surface area contributed by atoms with Crippen LogP contribution >= 0.6 is 0 Å². The van der Waals surface area contributed by atoms with E-state index in [1.807, 2.05) is 15.7 Å². The molecule has 0 unspecified atom stereocenters. The molecule has 0 saturated heterocycles. The van der Waals surface area contributed by atoms with Crippen molar-refractivity contribution in [2.75, 3.05) is 0 Å². The van der Waals surface area contributed by atoms with E-state index in [1.165, 1.54) is 21.5 Å². The molecule has 4 nitrogen and oxygen atoms in total. The van der Waals surface area contributed by atoms with Crippen molar-refractivity contribution < 1.29 is 10.2 Å². The van der Waals surface area contributed by atoms with Crippen molar-refractivity contribution in [1.29, 1.82) is 0 Å². The largest absolute Gasteiger partial charge is 0.509 e. The van der Waals surface area contributed by atoms with Crippen molar-refractivity contribution >= 4 is 89.1 Å². The van der Waals surface area contributed by atoms with Crippen LogP contribution in [0.4, 0.5) is 0 Å². The first kappa shape index (κ1) is 25.7. The SMILES string of the molecule is Bc1c(B)c(-c2cccc(-n3c4ccccc4c4ccc5c6ccccc6[nH]c5c43)c2C2=CCCC=C2)c(O)c(B)c1O. The van der Waals surface area contributed by atoms with Crippen LogP contribution in [0.15, 0.2) is 97.1 Å². The number of aromatic hydroxyl groups is 2. The van der Waals surface area contributed by atoms with Crippen molar-refractivity contribution in [1.82, 2.24) is 9.55 Å². The topological polar surface area (TPSA) is 61.2 Å². The Labute approximate surface area is 252 Å². The lowest BCUT2D eigenvalue weighted by molar-refractivity contribution is 0.463. The highest BCUT2D eigenvalue weighted by molar-refractivity contribution is 6.55. The van der Waals surface area contributed by atoms with Gasteiger partial charge in [-0.3, -0.25) is 0 Å². The number of hydrogen-bond donors (Lipinski definition) is 3. The zero-order valence-corrected chi connectivity index (χ0v) is 24.5. The number of phenolic OH excluding ortho intramolecular Hbond substituents is 2. The average Bonchev–Trinajstić information content (AvgIpc) is 3.59. The minimum atomic E-state index is 0.125. The molecule has 2 heterocycles. The van der Waals surface area contributed by atoms with Gasteiger partial charge in [0.05, 0.1) is 22.2 Å². The first-order valence-electron chi connectivity index (χ1n) is 14.9. The molecule has 0 radical (unpaired) electrons. The number of nitrogens with zero attached hydrogens (tertiary/aromatic N) is 1. The van der Waals surface area contributed by atoms with Crippen LogP contribution in [0.25, 0.3) is 66.0 Å². The van der Waals surface area contributed by atoms with E-state index >= 15 is 0 Å². The summed E-state index contributed by atoms with van der Waals surface area (Å²) >= 11 is 0. The fraction of sp³-hybridized carbons (Fsp3) is 0.0556. The van der Waals surface area contributed by atoms with Crippen LogP contribution < -0.4 is 16.4 Å². The fourth-order valence-corrected chi connectivity index (χ4v) is 7.11. The summed E-state index contributed by atoms with van der Waals surface area (Å²) in [5.41, 5.74) is 11.6. The van der Waals surface area contributed by atoms with Gasteiger partial charge in [0.25, 0.3) is 0 Å². The number of allylic oxidation sites excluding steroid dienone is 4. The monoisotopic (exact) mass is 554 g/mol. The van der Waals surface area contributed by atoms with Gasteiger partial charge in [-0.05, 0) is 47.6 Å². The average molecular weight is 554 g/mol. The number of aromatic amines is 1. The molecule has 0 aliphatic heterocycles. The molecular formula is C36H29B3N2O2. The van der Waals surface area contributed by atoms with Crippen LogP contribution in [0.3, 0.4) is 0 Å². The van der Waals surface area contributed by atoms with E-state index < -0.39 is 0 Å². The van der Waals surface area contributed by atoms with Gasteiger partial charge in [-0.15, -0.1) is 0 Å². The highest BCUT2D eigenvalue weighted by atomic mass is 16.3. The van der Waals surface area contributed by atoms with Gasteiger partial charge in [0.1, 0.15) is 35.0 Å². The van der Waals surface area contributed by atoms with Crippen molar-refractivity contribution in [3.05, 3.63) is 103 Å². The van der Waals surface area contributed by atoms with E-state index in [2.05, 4.69) is 107 Å². The molecule has 7 heteroatoms. The van der Waals surface area contributed by atoms with E-state index in [9.17, 15) is 10.2 Å². The quantitative estimate of drug-likeness (QED) is 0.290. The Balaban J connectivity index is 1.57. The molecule has 0 saturated carbocycles.